The summed E-state index contributed by atoms with van der Waals surface area (Å²) in [4.78, 5) is 14.8. The van der Waals surface area contributed by atoms with Gasteiger partial charge in [0.15, 0.2) is 0 Å². The highest BCUT2D eigenvalue weighted by Crippen LogP contribution is 2.28. The summed E-state index contributed by atoms with van der Waals surface area (Å²) in [6, 6.07) is 6.02. The van der Waals surface area contributed by atoms with Crippen LogP contribution >= 0.6 is 0 Å². The molecule has 108 valence electrons. The number of phenolic OH excluding ortho intramolecular Hbond substituents is 1. The number of rotatable bonds is 2. The first-order valence-electron chi connectivity index (χ1n) is 7.50. The van der Waals surface area contributed by atoms with Gasteiger partial charge in [0.05, 0.1) is 5.56 Å². The van der Waals surface area contributed by atoms with Crippen LogP contribution in [0, 0.1) is 6.92 Å². The summed E-state index contributed by atoms with van der Waals surface area (Å²) in [5.74, 6) is -0.0490. The fraction of sp³-hybridized carbons (Fsp3) is 0.562. The molecule has 20 heavy (non-hydrogen) atoms. The minimum Gasteiger partial charge on any atom is -0.507 e. The quantitative estimate of drug-likeness (QED) is 0.868. The molecular weight excluding hydrogens is 252 g/mol. The fourth-order valence-electron chi connectivity index (χ4n) is 3.50. The van der Waals surface area contributed by atoms with Gasteiger partial charge in [-0.3, -0.25) is 9.69 Å². The average Bonchev–Trinajstić information content (AvgIpc) is 2.85. The number of phenols is 1. The Morgan fingerprint density at radius 1 is 1.30 bits per heavy atom. The van der Waals surface area contributed by atoms with Crippen LogP contribution in [0.2, 0.25) is 0 Å². The Kier molecular flexibility index (Phi) is 3.66. The van der Waals surface area contributed by atoms with Gasteiger partial charge < -0.3 is 10.4 Å². The normalized spacial score (nSPS) is 26.2. The molecule has 0 saturated carbocycles. The molecule has 2 saturated heterocycles. The van der Waals surface area contributed by atoms with Gasteiger partial charge in [0.25, 0.3) is 5.91 Å². The summed E-state index contributed by atoms with van der Waals surface area (Å²) in [7, 11) is 0. The number of amides is 1. The number of fused-ring (bicyclic) bond motifs is 1. The molecule has 3 rings (SSSR count). The summed E-state index contributed by atoms with van der Waals surface area (Å²) >= 11 is 0. The minimum atomic E-state index is -0.149. The highest BCUT2D eigenvalue weighted by atomic mass is 16.3. The number of para-hydroxylation sites is 1. The Hall–Kier alpha value is -1.55. The third-order valence-corrected chi connectivity index (χ3v) is 4.65. The second kappa shape index (κ2) is 5.44. The van der Waals surface area contributed by atoms with Crippen molar-refractivity contribution in [2.24, 2.45) is 0 Å². The molecule has 0 spiro atoms. The maximum atomic E-state index is 12.4. The first-order valence-corrected chi connectivity index (χ1v) is 7.50. The summed E-state index contributed by atoms with van der Waals surface area (Å²) in [6.45, 7) is 4.05. The maximum Gasteiger partial charge on any atom is 0.255 e. The largest absolute Gasteiger partial charge is 0.507 e. The minimum absolute atomic E-state index is 0.100. The fourth-order valence-corrected chi connectivity index (χ4v) is 3.50. The number of hydrogen-bond acceptors (Lipinski definition) is 3. The van der Waals surface area contributed by atoms with Crippen LogP contribution in [0.25, 0.3) is 0 Å². The van der Waals surface area contributed by atoms with Crippen molar-refractivity contribution in [2.75, 3.05) is 13.1 Å². The van der Waals surface area contributed by atoms with E-state index in [9.17, 15) is 9.90 Å². The van der Waals surface area contributed by atoms with Crippen LogP contribution in [-0.4, -0.2) is 41.1 Å². The van der Waals surface area contributed by atoms with Crippen LogP contribution in [-0.2, 0) is 0 Å². The number of piperidine rings is 1. The van der Waals surface area contributed by atoms with Gasteiger partial charge in [0, 0.05) is 18.6 Å². The summed E-state index contributed by atoms with van der Waals surface area (Å²) in [6.07, 6.45) is 4.72. The van der Waals surface area contributed by atoms with Gasteiger partial charge in [0.2, 0.25) is 0 Å². The van der Waals surface area contributed by atoms with Gasteiger partial charge in [-0.1, -0.05) is 18.6 Å². The molecule has 2 fully saturated rings. The summed E-state index contributed by atoms with van der Waals surface area (Å²) in [5.41, 5.74) is 1.13. The van der Waals surface area contributed by atoms with Crippen molar-refractivity contribution in [3.63, 3.8) is 0 Å². The van der Waals surface area contributed by atoms with Gasteiger partial charge in [-0.2, -0.15) is 0 Å². The van der Waals surface area contributed by atoms with Crippen molar-refractivity contribution < 1.29 is 9.90 Å². The lowest BCUT2D eigenvalue weighted by molar-refractivity contribution is 0.0912. The van der Waals surface area contributed by atoms with Crippen molar-refractivity contribution in [2.45, 2.75) is 44.7 Å². The molecular formula is C16H22N2O2. The predicted molar refractivity (Wildman–Crippen MR) is 77.9 cm³/mol. The topological polar surface area (TPSA) is 52.6 Å². The zero-order valence-electron chi connectivity index (χ0n) is 11.9. The molecule has 0 aromatic heterocycles. The van der Waals surface area contributed by atoms with E-state index in [0.29, 0.717) is 11.6 Å². The predicted octanol–water partition coefficient (Wildman–Crippen LogP) is 2.06. The lowest BCUT2D eigenvalue weighted by Gasteiger charge is -2.32. The number of aromatic hydroxyl groups is 1. The van der Waals surface area contributed by atoms with Gasteiger partial charge in [0.1, 0.15) is 5.75 Å². The van der Waals surface area contributed by atoms with Crippen LogP contribution in [0.3, 0.4) is 0 Å². The lowest BCUT2D eigenvalue weighted by Crippen LogP contribution is -2.46. The number of nitrogens with zero attached hydrogens (tertiary/aromatic N) is 1. The van der Waals surface area contributed by atoms with E-state index < -0.39 is 0 Å². The van der Waals surface area contributed by atoms with Crippen molar-refractivity contribution in [3.05, 3.63) is 29.3 Å². The zero-order chi connectivity index (χ0) is 14.1. The Bertz CT molecular complexity index is 515. The molecule has 4 heteroatoms. The highest BCUT2D eigenvalue weighted by Gasteiger charge is 2.36. The third kappa shape index (κ3) is 2.40. The molecule has 2 N–H and O–H groups in total. The van der Waals surface area contributed by atoms with Crippen LogP contribution < -0.4 is 5.32 Å². The van der Waals surface area contributed by atoms with Gasteiger partial charge >= 0.3 is 0 Å². The first kappa shape index (κ1) is 13.4. The monoisotopic (exact) mass is 274 g/mol. The van der Waals surface area contributed by atoms with E-state index in [4.69, 9.17) is 0 Å². The van der Waals surface area contributed by atoms with Crippen molar-refractivity contribution in [1.29, 1.82) is 0 Å². The number of hydrogen-bond donors (Lipinski definition) is 2. The molecule has 1 aromatic carbocycles. The van der Waals surface area contributed by atoms with Crippen LogP contribution in [0.5, 0.6) is 5.75 Å². The van der Waals surface area contributed by atoms with E-state index in [1.807, 2.05) is 19.1 Å². The molecule has 2 unspecified atom stereocenters. The SMILES string of the molecule is Cc1cccc(C(=O)NC2CCN3CCCCC23)c1O. The van der Waals surface area contributed by atoms with Crippen molar-refractivity contribution >= 4 is 5.91 Å². The van der Waals surface area contributed by atoms with Gasteiger partial charge in [-0.15, -0.1) is 0 Å². The Balaban J connectivity index is 1.71. The van der Waals surface area contributed by atoms with E-state index in [-0.39, 0.29) is 17.7 Å². The summed E-state index contributed by atoms with van der Waals surface area (Å²) < 4.78 is 0. The average molecular weight is 274 g/mol. The molecule has 4 nitrogen and oxygen atoms in total. The van der Waals surface area contributed by atoms with E-state index >= 15 is 0 Å². The van der Waals surface area contributed by atoms with E-state index in [1.54, 1.807) is 6.07 Å². The van der Waals surface area contributed by atoms with E-state index in [1.165, 1.54) is 19.3 Å². The first-order chi connectivity index (χ1) is 9.66. The van der Waals surface area contributed by atoms with Gasteiger partial charge in [-0.05, 0) is 44.4 Å². The number of benzene rings is 1. The molecule has 2 aliphatic rings. The molecule has 2 heterocycles. The molecule has 0 bridgehead atoms. The third-order valence-electron chi connectivity index (χ3n) is 4.65. The Morgan fingerprint density at radius 3 is 3.00 bits per heavy atom. The molecule has 2 aliphatic heterocycles. The molecule has 1 aromatic rings. The second-order valence-corrected chi connectivity index (χ2v) is 5.94. The van der Waals surface area contributed by atoms with E-state index in [0.717, 1.165) is 25.1 Å². The van der Waals surface area contributed by atoms with Crippen LogP contribution in [0.15, 0.2) is 18.2 Å². The Morgan fingerprint density at radius 2 is 2.15 bits per heavy atom. The van der Waals surface area contributed by atoms with E-state index in [2.05, 4.69) is 10.2 Å². The summed E-state index contributed by atoms with van der Waals surface area (Å²) in [5, 5.41) is 13.1. The highest BCUT2D eigenvalue weighted by molar-refractivity contribution is 5.97. The molecule has 0 aliphatic carbocycles. The number of nitrogens with one attached hydrogen (secondary N) is 1. The Labute approximate surface area is 119 Å². The standard InChI is InChI=1S/C16H22N2O2/c1-11-5-4-6-12(15(11)19)16(20)17-13-8-10-18-9-3-2-7-14(13)18/h4-6,13-14,19H,2-3,7-10H2,1H3,(H,17,20). The smallest absolute Gasteiger partial charge is 0.255 e. The zero-order valence-corrected chi connectivity index (χ0v) is 11.9. The van der Waals surface area contributed by atoms with Crippen molar-refractivity contribution in [1.82, 2.24) is 10.2 Å². The van der Waals surface area contributed by atoms with Crippen molar-refractivity contribution in [3.8, 4) is 5.75 Å². The molecule has 2 atom stereocenters. The maximum absolute atomic E-state index is 12.4. The molecule has 0 radical (unpaired) electrons. The molecule has 1 amide bonds. The van der Waals surface area contributed by atoms with Crippen LogP contribution in [0.1, 0.15) is 41.6 Å². The number of carbonyl (C=O) groups excluding carboxylic acids is 1. The van der Waals surface area contributed by atoms with Crippen LogP contribution in [0.4, 0.5) is 0 Å². The lowest BCUT2D eigenvalue weighted by atomic mass is 9.98. The second-order valence-electron chi connectivity index (χ2n) is 5.94. The number of aryl methyl sites for hydroxylation is 1. The number of carbonyl (C=O) groups is 1. The van der Waals surface area contributed by atoms with Gasteiger partial charge in [-0.25, -0.2) is 0 Å².